The van der Waals surface area contributed by atoms with Crippen LogP contribution < -0.4 is 5.32 Å². The van der Waals surface area contributed by atoms with Gasteiger partial charge < -0.3 is 15.3 Å². The predicted molar refractivity (Wildman–Crippen MR) is 157 cm³/mol. The Morgan fingerprint density at radius 3 is 2.29 bits per heavy atom. The Labute approximate surface area is 242 Å². The third kappa shape index (κ3) is 6.85. The van der Waals surface area contributed by atoms with E-state index in [1.807, 2.05) is 17.0 Å². The number of rotatable bonds is 10. The summed E-state index contributed by atoms with van der Waals surface area (Å²) < 4.78 is 13.7. The number of halogens is 1. The van der Waals surface area contributed by atoms with E-state index in [4.69, 9.17) is 10.1 Å². The Hall–Kier alpha value is -3.55. The molecule has 1 aliphatic heterocycles. The van der Waals surface area contributed by atoms with Crippen molar-refractivity contribution in [1.29, 1.82) is 0 Å². The molecule has 0 bridgehead atoms. The van der Waals surface area contributed by atoms with Gasteiger partial charge >= 0.3 is 5.97 Å². The first-order valence-electron chi connectivity index (χ1n) is 14.7. The SMILES string of the molecule is CCCC[C@H](c1ccc(C(=O)NCCC(=O)O)cc1)N1C(=O)C(c2ccc(F)cc2)=NC12CCC(C(C)(C)C)CC2. The molecule has 1 fully saturated rings. The first kappa shape index (κ1) is 30.4. The highest BCUT2D eigenvalue weighted by atomic mass is 19.1. The van der Waals surface area contributed by atoms with Gasteiger partial charge in [-0.25, -0.2) is 4.39 Å². The summed E-state index contributed by atoms with van der Waals surface area (Å²) in [5, 5.41) is 11.5. The molecule has 1 aliphatic carbocycles. The van der Waals surface area contributed by atoms with Gasteiger partial charge in [-0.15, -0.1) is 0 Å². The van der Waals surface area contributed by atoms with Gasteiger partial charge in [0.1, 0.15) is 17.2 Å². The van der Waals surface area contributed by atoms with Crippen LogP contribution in [-0.4, -0.2) is 45.7 Å². The number of carbonyl (C=O) groups is 3. The molecule has 0 saturated heterocycles. The molecule has 1 saturated carbocycles. The van der Waals surface area contributed by atoms with Crippen LogP contribution in [-0.2, 0) is 9.59 Å². The topological polar surface area (TPSA) is 99.1 Å². The molecule has 0 aromatic heterocycles. The molecule has 2 amide bonds. The number of carboxylic acids is 1. The third-order valence-corrected chi connectivity index (χ3v) is 8.64. The van der Waals surface area contributed by atoms with E-state index in [-0.39, 0.29) is 42.1 Å². The standard InChI is InChI=1S/C33H42FN3O4/c1-5-6-7-27(22-8-10-24(11-9-22)30(40)35-21-18-28(38)39)37-31(41)29(23-12-14-26(34)15-13-23)36-33(37)19-16-25(17-20-33)32(2,3)4/h8-15,25,27H,5-7,16-21H2,1-4H3,(H,35,40)(H,38,39)/t25?,27-,33?/m1/s1. The van der Waals surface area contributed by atoms with Crippen LogP contribution >= 0.6 is 0 Å². The van der Waals surface area contributed by atoms with Crippen molar-refractivity contribution < 1.29 is 23.9 Å². The molecule has 2 aromatic carbocycles. The van der Waals surface area contributed by atoms with Crippen molar-refractivity contribution in [3.63, 3.8) is 0 Å². The Balaban J connectivity index is 1.68. The highest BCUT2D eigenvalue weighted by molar-refractivity contribution is 6.46. The lowest BCUT2D eigenvalue weighted by molar-refractivity contribution is -0.137. The summed E-state index contributed by atoms with van der Waals surface area (Å²) in [7, 11) is 0. The van der Waals surface area contributed by atoms with Crippen molar-refractivity contribution in [2.24, 2.45) is 16.3 Å². The number of carboxylic acid groups (broad SMARTS) is 1. The lowest BCUT2D eigenvalue weighted by Gasteiger charge is -2.47. The summed E-state index contributed by atoms with van der Waals surface area (Å²) in [5.74, 6) is -1.27. The van der Waals surface area contributed by atoms with E-state index < -0.39 is 11.6 Å². The van der Waals surface area contributed by atoms with Gasteiger partial charge in [0.15, 0.2) is 0 Å². The van der Waals surface area contributed by atoms with Crippen molar-refractivity contribution in [3.8, 4) is 0 Å². The molecular formula is C33H42FN3O4. The quantitative estimate of drug-likeness (QED) is 0.344. The molecule has 2 aliphatic rings. The number of aliphatic imine (C=N–C) groups is 1. The second-order valence-corrected chi connectivity index (χ2v) is 12.4. The van der Waals surface area contributed by atoms with Gasteiger partial charge in [0.25, 0.3) is 11.8 Å². The number of carbonyl (C=O) groups excluding carboxylic acids is 2. The molecule has 4 rings (SSSR count). The number of unbranched alkanes of at least 4 members (excludes halogenated alkanes) is 1. The van der Waals surface area contributed by atoms with Crippen LogP contribution in [0.2, 0.25) is 0 Å². The minimum absolute atomic E-state index is 0.0545. The van der Waals surface area contributed by atoms with E-state index in [0.29, 0.717) is 22.8 Å². The van der Waals surface area contributed by atoms with Crippen molar-refractivity contribution in [2.45, 2.75) is 90.8 Å². The highest BCUT2D eigenvalue weighted by Gasteiger charge is 2.52. The van der Waals surface area contributed by atoms with Crippen LogP contribution in [0.5, 0.6) is 0 Å². The van der Waals surface area contributed by atoms with Gasteiger partial charge in [-0.1, -0.05) is 52.7 Å². The summed E-state index contributed by atoms with van der Waals surface area (Å²) in [4.78, 5) is 44.8. The maximum atomic E-state index is 14.3. The molecule has 41 heavy (non-hydrogen) atoms. The van der Waals surface area contributed by atoms with E-state index in [0.717, 1.165) is 50.5 Å². The van der Waals surface area contributed by atoms with E-state index >= 15 is 0 Å². The first-order valence-corrected chi connectivity index (χ1v) is 14.7. The number of hydrogen-bond acceptors (Lipinski definition) is 4. The Morgan fingerprint density at radius 1 is 1.10 bits per heavy atom. The minimum atomic E-state index is -0.970. The highest BCUT2D eigenvalue weighted by Crippen LogP contribution is 2.50. The summed E-state index contributed by atoms with van der Waals surface area (Å²) >= 11 is 0. The monoisotopic (exact) mass is 563 g/mol. The average Bonchev–Trinajstić information content (AvgIpc) is 3.20. The Kier molecular flexibility index (Phi) is 9.30. The van der Waals surface area contributed by atoms with Gasteiger partial charge in [0, 0.05) is 17.7 Å². The van der Waals surface area contributed by atoms with E-state index in [1.165, 1.54) is 12.1 Å². The number of amides is 2. The second kappa shape index (κ2) is 12.5. The van der Waals surface area contributed by atoms with Crippen LogP contribution in [0.4, 0.5) is 4.39 Å². The smallest absolute Gasteiger partial charge is 0.305 e. The molecule has 8 heteroatoms. The molecule has 1 atom stereocenters. The van der Waals surface area contributed by atoms with Gasteiger partial charge in [0.2, 0.25) is 0 Å². The molecule has 1 spiro atoms. The zero-order chi connectivity index (χ0) is 29.8. The predicted octanol–water partition coefficient (Wildman–Crippen LogP) is 6.53. The van der Waals surface area contributed by atoms with Gasteiger partial charge in [-0.2, -0.15) is 0 Å². The van der Waals surface area contributed by atoms with Crippen molar-refractivity contribution in [1.82, 2.24) is 10.2 Å². The first-order chi connectivity index (χ1) is 19.4. The summed E-state index contributed by atoms with van der Waals surface area (Å²) in [6, 6.07) is 13.0. The summed E-state index contributed by atoms with van der Waals surface area (Å²) in [6.07, 6.45) is 5.94. The van der Waals surface area contributed by atoms with Crippen LogP contribution in [0, 0.1) is 17.2 Å². The lowest BCUT2D eigenvalue weighted by Crippen LogP contribution is -2.51. The molecule has 0 unspecified atom stereocenters. The maximum absolute atomic E-state index is 14.3. The van der Waals surface area contributed by atoms with E-state index in [2.05, 4.69) is 33.0 Å². The van der Waals surface area contributed by atoms with Gasteiger partial charge in [-0.3, -0.25) is 19.4 Å². The normalized spacial score (nSPS) is 21.6. The average molecular weight is 564 g/mol. The fourth-order valence-electron chi connectivity index (χ4n) is 6.22. The molecular weight excluding hydrogens is 521 g/mol. The maximum Gasteiger partial charge on any atom is 0.305 e. The molecule has 7 nitrogen and oxygen atoms in total. The number of nitrogens with one attached hydrogen (secondary N) is 1. The molecule has 1 heterocycles. The fourth-order valence-corrected chi connectivity index (χ4v) is 6.22. The van der Waals surface area contributed by atoms with Crippen molar-refractivity contribution in [3.05, 3.63) is 71.0 Å². The second-order valence-electron chi connectivity index (χ2n) is 12.4. The van der Waals surface area contributed by atoms with E-state index in [1.54, 1.807) is 24.3 Å². The third-order valence-electron chi connectivity index (χ3n) is 8.64. The minimum Gasteiger partial charge on any atom is -0.481 e. The zero-order valence-corrected chi connectivity index (χ0v) is 24.6. The van der Waals surface area contributed by atoms with Crippen LogP contribution in [0.25, 0.3) is 0 Å². The van der Waals surface area contributed by atoms with Gasteiger partial charge in [-0.05, 0) is 85.4 Å². The number of aliphatic carboxylic acids is 1. The van der Waals surface area contributed by atoms with Crippen molar-refractivity contribution >= 4 is 23.5 Å². The zero-order valence-electron chi connectivity index (χ0n) is 24.6. The largest absolute Gasteiger partial charge is 0.481 e. The van der Waals surface area contributed by atoms with Crippen molar-refractivity contribution in [2.75, 3.05) is 6.54 Å². The molecule has 2 aromatic rings. The van der Waals surface area contributed by atoms with Crippen LogP contribution in [0.15, 0.2) is 53.5 Å². The van der Waals surface area contributed by atoms with E-state index in [9.17, 15) is 18.8 Å². The molecule has 220 valence electrons. The van der Waals surface area contributed by atoms with Crippen LogP contribution in [0.3, 0.4) is 0 Å². The number of benzene rings is 2. The summed E-state index contributed by atoms with van der Waals surface area (Å²) in [5.41, 5.74) is 1.87. The molecule has 2 N–H and O–H groups in total. The van der Waals surface area contributed by atoms with Crippen LogP contribution in [0.1, 0.15) is 107 Å². The van der Waals surface area contributed by atoms with Gasteiger partial charge in [0.05, 0.1) is 12.5 Å². The Bertz CT molecular complexity index is 1270. The lowest BCUT2D eigenvalue weighted by atomic mass is 9.69. The summed E-state index contributed by atoms with van der Waals surface area (Å²) in [6.45, 7) is 8.98. The Morgan fingerprint density at radius 2 is 1.73 bits per heavy atom. The number of hydrogen-bond donors (Lipinski definition) is 2. The fraction of sp³-hybridized carbons (Fsp3) is 0.515. The molecule has 0 radical (unpaired) electrons. The number of nitrogens with zero attached hydrogens (tertiary/aromatic N) is 2.